The number of hydrogen-bond donors (Lipinski definition) is 2. The normalized spacial score (nSPS) is 10.6. The number of nitrogens with zero attached hydrogens (tertiary/aromatic N) is 3. The molecule has 0 fully saturated rings. The number of amides is 1. The summed E-state index contributed by atoms with van der Waals surface area (Å²) in [6.07, 6.45) is 1.77. The Morgan fingerprint density at radius 1 is 1.48 bits per heavy atom. The molecule has 0 aliphatic heterocycles. The van der Waals surface area contributed by atoms with Crippen molar-refractivity contribution in [2.24, 2.45) is 7.05 Å². The van der Waals surface area contributed by atoms with Crippen molar-refractivity contribution in [1.29, 1.82) is 0 Å². The molecule has 1 heterocycles. The average molecular weight is 346 g/mol. The van der Waals surface area contributed by atoms with Gasteiger partial charge in [0.2, 0.25) is 5.91 Å². The van der Waals surface area contributed by atoms with E-state index in [0.29, 0.717) is 33.6 Å². The molecule has 112 valence electrons. The molecule has 0 atom stereocenters. The lowest BCUT2D eigenvalue weighted by Crippen LogP contribution is -2.14. The molecule has 0 saturated heterocycles. The molecule has 0 unspecified atom stereocenters. The van der Waals surface area contributed by atoms with E-state index in [1.807, 2.05) is 0 Å². The minimum absolute atomic E-state index is 0.180. The first-order valence-corrected chi connectivity index (χ1v) is 7.72. The molecule has 0 aliphatic rings. The van der Waals surface area contributed by atoms with E-state index in [2.05, 4.69) is 15.4 Å². The molecule has 9 heteroatoms. The summed E-state index contributed by atoms with van der Waals surface area (Å²) in [5, 5.41) is 8.14. The van der Waals surface area contributed by atoms with Crippen LogP contribution in [0.4, 0.5) is 11.4 Å². The van der Waals surface area contributed by atoms with Gasteiger partial charge < -0.3 is 11.1 Å². The fraction of sp³-hybridized carbons (Fsp3) is 0.250. The van der Waals surface area contributed by atoms with E-state index in [-0.39, 0.29) is 5.91 Å². The van der Waals surface area contributed by atoms with Gasteiger partial charge in [0, 0.05) is 24.2 Å². The largest absolute Gasteiger partial charge is 0.397 e. The molecule has 0 saturated carbocycles. The molecule has 0 spiro atoms. The first-order chi connectivity index (χ1) is 9.97. The molecule has 21 heavy (non-hydrogen) atoms. The lowest BCUT2D eigenvalue weighted by Gasteiger charge is -2.10. The first-order valence-electron chi connectivity index (χ1n) is 5.98. The Labute approximate surface area is 136 Å². The maximum absolute atomic E-state index is 11.9. The van der Waals surface area contributed by atoms with Crippen molar-refractivity contribution in [2.45, 2.75) is 11.6 Å². The Bertz CT molecular complexity index is 638. The zero-order valence-corrected chi connectivity index (χ0v) is 13.5. The van der Waals surface area contributed by atoms with E-state index in [4.69, 9.17) is 28.9 Å². The van der Waals surface area contributed by atoms with Gasteiger partial charge in [-0.2, -0.15) is 5.10 Å². The van der Waals surface area contributed by atoms with Crippen LogP contribution in [0.15, 0.2) is 23.6 Å². The SMILES string of the molecule is Cn1ncnc1SCCC(=O)Nc1c(N)cc(Cl)cc1Cl. The van der Waals surface area contributed by atoms with Gasteiger partial charge in [-0.05, 0) is 12.1 Å². The molecular formula is C12H13Cl2N5OS. The van der Waals surface area contributed by atoms with E-state index >= 15 is 0 Å². The summed E-state index contributed by atoms with van der Waals surface area (Å²) in [4.78, 5) is 16.0. The summed E-state index contributed by atoms with van der Waals surface area (Å²) in [5.41, 5.74) is 6.50. The number of carbonyl (C=O) groups excluding carboxylic acids is 1. The van der Waals surface area contributed by atoms with Crippen LogP contribution in [0.25, 0.3) is 0 Å². The highest BCUT2D eigenvalue weighted by Crippen LogP contribution is 2.32. The Morgan fingerprint density at radius 2 is 2.24 bits per heavy atom. The number of benzene rings is 1. The number of hydrogen-bond acceptors (Lipinski definition) is 5. The van der Waals surface area contributed by atoms with Gasteiger partial charge in [-0.1, -0.05) is 35.0 Å². The lowest BCUT2D eigenvalue weighted by molar-refractivity contribution is -0.115. The Hall–Kier alpha value is -1.44. The smallest absolute Gasteiger partial charge is 0.225 e. The lowest BCUT2D eigenvalue weighted by atomic mass is 10.2. The number of halogens is 2. The van der Waals surface area contributed by atoms with Crippen molar-refractivity contribution in [3.05, 3.63) is 28.5 Å². The van der Waals surface area contributed by atoms with Gasteiger partial charge >= 0.3 is 0 Å². The Balaban J connectivity index is 1.89. The van der Waals surface area contributed by atoms with Gasteiger partial charge in [0.25, 0.3) is 0 Å². The van der Waals surface area contributed by atoms with E-state index in [1.54, 1.807) is 11.7 Å². The van der Waals surface area contributed by atoms with Crippen LogP contribution in [0.1, 0.15) is 6.42 Å². The van der Waals surface area contributed by atoms with Crippen molar-refractivity contribution in [3.8, 4) is 0 Å². The van der Waals surface area contributed by atoms with Gasteiger partial charge in [-0.3, -0.25) is 4.79 Å². The number of nitrogens with one attached hydrogen (secondary N) is 1. The highest BCUT2D eigenvalue weighted by molar-refractivity contribution is 7.99. The standard InChI is InChI=1S/C12H13Cl2N5OS/c1-19-12(16-6-17-19)21-3-2-10(20)18-11-8(14)4-7(13)5-9(11)15/h4-6H,2-3,15H2,1H3,(H,18,20). The maximum atomic E-state index is 11.9. The van der Waals surface area contributed by atoms with Crippen molar-refractivity contribution >= 4 is 52.2 Å². The quantitative estimate of drug-likeness (QED) is 0.642. The van der Waals surface area contributed by atoms with Crippen molar-refractivity contribution in [3.63, 3.8) is 0 Å². The van der Waals surface area contributed by atoms with Crippen LogP contribution in [0.2, 0.25) is 10.0 Å². The maximum Gasteiger partial charge on any atom is 0.225 e. The van der Waals surface area contributed by atoms with Gasteiger partial charge in [-0.25, -0.2) is 9.67 Å². The predicted octanol–water partition coefficient (Wildman–Crippen LogP) is 2.83. The average Bonchev–Trinajstić information content (AvgIpc) is 2.80. The third-order valence-corrected chi connectivity index (χ3v) is 4.13. The summed E-state index contributed by atoms with van der Waals surface area (Å²) in [5.74, 6) is 0.393. The summed E-state index contributed by atoms with van der Waals surface area (Å²) < 4.78 is 1.65. The molecule has 6 nitrogen and oxygen atoms in total. The minimum atomic E-state index is -0.180. The molecule has 0 aliphatic carbocycles. The molecule has 1 aromatic heterocycles. The van der Waals surface area contributed by atoms with Gasteiger partial charge in [-0.15, -0.1) is 0 Å². The second-order valence-corrected chi connectivity index (χ2v) is 6.07. The van der Waals surface area contributed by atoms with Gasteiger partial charge in [0.05, 0.1) is 16.4 Å². The number of aromatic nitrogens is 3. The van der Waals surface area contributed by atoms with Crippen LogP contribution < -0.4 is 11.1 Å². The van der Waals surface area contributed by atoms with Crippen molar-refractivity contribution in [2.75, 3.05) is 16.8 Å². The number of rotatable bonds is 5. The van der Waals surface area contributed by atoms with E-state index in [0.717, 1.165) is 5.16 Å². The second kappa shape index (κ2) is 7.02. The van der Waals surface area contributed by atoms with Crippen LogP contribution in [-0.4, -0.2) is 26.4 Å². The number of nitrogen functional groups attached to an aromatic ring is 1. The zero-order valence-electron chi connectivity index (χ0n) is 11.1. The predicted molar refractivity (Wildman–Crippen MR) is 85.8 cm³/mol. The molecule has 2 aromatic rings. The molecule has 0 bridgehead atoms. The highest BCUT2D eigenvalue weighted by Gasteiger charge is 2.11. The van der Waals surface area contributed by atoms with Crippen LogP contribution in [0, 0.1) is 0 Å². The minimum Gasteiger partial charge on any atom is -0.397 e. The van der Waals surface area contributed by atoms with Crippen LogP contribution in [0.5, 0.6) is 0 Å². The third kappa shape index (κ3) is 4.26. The Morgan fingerprint density at radius 3 is 2.86 bits per heavy atom. The summed E-state index contributed by atoms with van der Waals surface area (Å²) >= 11 is 13.3. The molecule has 2 rings (SSSR count). The number of nitrogens with two attached hydrogens (primary N) is 1. The monoisotopic (exact) mass is 345 g/mol. The van der Waals surface area contributed by atoms with Crippen LogP contribution in [0.3, 0.4) is 0 Å². The highest BCUT2D eigenvalue weighted by atomic mass is 35.5. The van der Waals surface area contributed by atoms with Crippen molar-refractivity contribution < 1.29 is 4.79 Å². The fourth-order valence-electron chi connectivity index (χ4n) is 1.58. The molecule has 0 radical (unpaired) electrons. The summed E-state index contributed by atoms with van der Waals surface area (Å²) in [7, 11) is 1.80. The number of anilines is 2. The fourth-order valence-corrected chi connectivity index (χ4v) is 2.96. The molecule has 3 N–H and O–H groups in total. The molecular weight excluding hydrogens is 333 g/mol. The second-order valence-electron chi connectivity index (χ2n) is 4.16. The number of thioether (sulfide) groups is 1. The van der Waals surface area contributed by atoms with Gasteiger partial charge in [0.1, 0.15) is 6.33 Å². The Kier molecular flexibility index (Phi) is 5.33. The molecule has 1 aromatic carbocycles. The summed E-state index contributed by atoms with van der Waals surface area (Å²) in [6.45, 7) is 0. The van der Waals surface area contributed by atoms with E-state index in [9.17, 15) is 4.79 Å². The topological polar surface area (TPSA) is 85.8 Å². The van der Waals surface area contributed by atoms with Crippen molar-refractivity contribution in [1.82, 2.24) is 14.8 Å². The van der Waals surface area contributed by atoms with Gasteiger partial charge in [0.15, 0.2) is 5.16 Å². The van der Waals surface area contributed by atoms with Crippen LogP contribution >= 0.6 is 35.0 Å². The summed E-state index contributed by atoms with van der Waals surface area (Å²) in [6, 6.07) is 3.07. The van der Waals surface area contributed by atoms with E-state index in [1.165, 1.54) is 30.2 Å². The number of carbonyl (C=O) groups is 1. The number of aryl methyl sites for hydroxylation is 1. The van der Waals surface area contributed by atoms with Crippen LogP contribution in [-0.2, 0) is 11.8 Å². The first kappa shape index (κ1) is 15.9. The van der Waals surface area contributed by atoms with E-state index < -0.39 is 0 Å². The molecule has 1 amide bonds. The zero-order chi connectivity index (χ0) is 15.4. The third-order valence-electron chi connectivity index (χ3n) is 2.58.